The normalized spacial score (nSPS) is 17.4. The Hall–Kier alpha value is -1.30. The van der Waals surface area contributed by atoms with Gasteiger partial charge in [-0.1, -0.05) is 0 Å². The quantitative estimate of drug-likeness (QED) is 0.751. The number of rotatable bonds is 6. The zero-order chi connectivity index (χ0) is 18.4. The summed E-state index contributed by atoms with van der Waals surface area (Å²) in [7, 11) is 0. The van der Waals surface area contributed by atoms with Crippen molar-refractivity contribution < 1.29 is 19.1 Å². The van der Waals surface area contributed by atoms with Gasteiger partial charge in [0.05, 0.1) is 0 Å². The van der Waals surface area contributed by atoms with Crippen LogP contribution < -0.4 is 5.32 Å². The van der Waals surface area contributed by atoms with Crippen LogP contribution >= 0.6 is 0 Å². The summed E-state index contributed by atoms with van der Waals surface area (Å²) in [4.78, 5) is 26.8. The van der Waals surface area contributed by atoms with Gasteiger partial charge in [0.25, 0.3) is 0 Å². The summed E-state index contributed by atoms with van der Waals surface area (Å²) in [5.41, 5.74) is -1.18. The van der Waals surface area contributed by atoms with Crippen LogP contribution in [0.4, 0.5) is 4.79 Å². The van der Waals surface area contributed by atoms with Crippen molar-refractivity contribution in [2.75, 3.05) is 19.6 Å². The van der Waals surface area contributed by atoms with E-state index in [1.54, 1.807) is 20.8 Å². The lowest BCUT2D eigenvalue weighted by molar-refractivity contribution is -0.157. The molecule has 1 aliphatic heterocycles. The molecule has 0 aromatic rings. The van der Waals surface area contributed by atoms with Crippen LogP contribution in [0.25, 0.3) is 0 Å². The highest BCUT2D eigenvalue weighted by atomic mass is 16.6. The molecule has 140 valence electrons. The lowest BCUT2D eigenvalue weighted by atomic mass is 10.1. The number of carbonyl (C=O) groups excluding carboxylic acids is 2. The van der Waals surface area contributed by atoms with Crippen molar-refractivity contribution in [2.45, 2.75) is 84.5 Å². The fraction of sp³-hybridized carbons (Fsp3) is 0.889. The highest BCUT2D eigenvalue weighted by Gasteiger charge is 2.28. The average Bonchev–Trinajstić information content (AvgIpc) is 2.86. The number of likely N-dealkylation sites (tertiary alicyclic amines) is 1. The number of alkyl carbamates (subject to hydrolysis) is 1. The Kier molecular flexibility index (Phi) is 7.52. The molecule has 1 aliphatic rings. The Morgan fingerprint density at radius 2 is 1.54 bits per heavy atom. The molecule has 1 rings (SSSR count). The second-order valence-electron chi connectivity index (χ2n) is 8.42. The second-order valence-corrected chi connectivity index (χ2v) is 8.42. The van der Waals surface area contributed by atoms with E-state index in [9.17, 15) is 9.59 Å². The van der Waals surface area contributed by atoms with Gasteiger partial charge in [0, 0.05) is 0 Å². The van der Waals surface area contributed by atoms with Gasteiger partial charge in [0.2, 0.25) is 0 Å². The number of esters is 1. The predicted octanol–water partition coefficient (Wildman–Crippen LogP) is 3.10. The van der Waals surface area contributed by atoms with Crippen LogP contribution in [0.15, 0.2) is 0 Å². The fourth-order valence-corrected chi connectivity index (χ4v) is 2.60. The third-order valence-corrected chi connectivity index (χ3v) is 3.55. The smallest absolute Gasteiger partial charge is 0.408 e. The Morgan fingerprint density at radius 3 is 2.04 bits per heavy atom. The van der Waals surface area contributed by atoms with Gasteiger partial charge >= 0.3 is 12.1 Å². The minimum Gasteiger partial charge on any atom is -0.458 e. The minimum atomic E-state index is -0.679. The van der Waals surface area contributed by atoms with E-state index < -0.39 is 29.3 Å². The number of hydrogen-bond donors (Lipinski definition) is 1. The third-order valence-electron chi connectivity index (χ3n) is 3.55. The van der Waals surface area contributed by atoms with Gasteiger partial charge in [-0.25, -0.2) is 9.59 Å². The number of nitrogens with zero attached hydrogens (tertiary/aromatic N) is 1. The lowest BCUT2D eigenvalue weighted by Gasteiger charge is -2.26. The molecule has 1 fully saturated rings. The molecule has 6 nitrogen and oxygen atoms in total. The van der Waals surface area contributed by atoms with Crippen molar-refractivity contribution in [3.05, 3.63) is 0 Å². The van der Waals surface area contributed by atoms with Crippen LogP contribution in [0.3, 0.4) is 0 Å². The number of carbonyl (C=O) groups is 2. The minimum absolute atomic E-state index is 0.408. The molecule has 1 N–H and O–H groups in total. The van der Waals surface area contributed by atoms with Crippen LogP contribution in [-0.4, -0.2) is 53.8 Å². The van der Waals surface area contributed by atoms with Gasteiger partial charge in [0.15, 0.2) is 0 Å². The average molecular weight is 342 g/mol. The molecule has 0 radical (unpaired) electrons. The first-order chi connectivity index (χ1) is 11.0. The van der Waals surface area contributed by atoms with E-state index in [1.165, 1.54) is 12.8 Å². The maximum atomic E-state index is 12.4. The SMILES string of the molecule is CC(C)(C)OC(=O)N[C@@H](CCCN1CCCC1)C(=O)OC(C)(C)C. The van der Waals surface area contributed by atoms with Gasteiger partial charge in [0.1, 0.15) is 17.2 Å². The molecule has 1 atom stereocenters. The summed E-state index contributed by atoms with van der Waals surface area (Å²) in [6.45, 7) is 14.0. The molecule has 0 saturated carbocycles. The highest BCUT2D eigenvalue weighted by molar-refractivity contribution is 5.81. The molecule has 0 aliphatic carbocycles. The van der Waals surface area contributed by atoms with E-state index in [4.69, 9.17) is 9.47 Å². The molecule has 0 spiro atoms. The summed E-state index contributed by atoms with van der Waals surface area (Å²) in [5, 5.41) is 2.67. The summed E-state index contributed by atoms with van der Waals surface area (Å²) in [6.07, 6.45) is 3.28. The Balaban J connectivity index is 2.56. The first kappa shape index (κ1) is 20.7. The summed E-state index contributed by atoms with van der Waals surface area (Å²) in [6, 6.07) is -0.679. The van der Waals surface area contributed by atoms with Crippen molar-refractivity contribution in [3.8, 4) is 0 Å². The van der Waals surface area contributed by atoms with E-state index in [-0.39, 0.29) is 0 Å². The number of amides is 1. The molecular formula is C18H34N2O4. The van der Waals surface area contributed by atoms with E-state index >= 15 is 0 Å². The molecule has 0 aromatic carbocycles. The van der Waals surface area contributed by atoms with Crippen LogP contribution in [0.1, 0.15) is 67.2 Å². The largest absolute Gasteiger partial charge is 0.458 e. The zero-order valence-corrected chi connectivity index (χ0v) is 16.1. The Bertz CT molecular complexity index is 418. The molecular weight excluding hydrogens is 308 g/mol. The second kappa shape index (κ2) is 8.70. The van der Waals surface area contributed by atoms with Crippen molar-refractivity contribution in [1.29, 1.82) is 0 Å². The van der Waals surface area contributed by atoms with Crippen molar-refractivity contribution >= 4 is 12.1 Å². The number of nitrogens with one attached hydrogen (secondary N) is 1. The number of ether oxygens (including phenoxy) is 2. The molecule has 1 heterocycles. The molecule has 1 amide bonds. The van der Waals surface area contributed by atoms with E-state index in [0.29, 0.717) is 6.42 Å². The third kappa shape index (κ3) is 9.11. The van der Waals surface area contributed by atoms with Crippen molar-refractivity contribution in [1.82, 2.24) is 10.2 Å². The Morgan fingerprint density at radius 1 is 1.00 bits per heavy atom. The maximum absolute atomic E-state index is 12.4. The predicted molar refractivity (Wildman–Crippen MR) is 93.9 cm³/mol. The summed E-state index contributed by atoms with van der Waals surface area (Å²) < 4.78 is 10.7. The fourth-order valence-electron chi connectivity index (χ4n) is 2.60. The van der Waals surface area contributed by atoms with Crippen LogP contribution in [0, 0.1) is 0 Å². The first-order valence-corrected chi connectivity index (χ1v) is 8.91. The lowest BCUT2D eigenvalue weighted by Crippen LogP contribution is -2.46. The highest BCUT2D eigenvalue weighted by Crippen LogP contribution is 2.14. The van der Waals surface area contributed by atoms with Gasteiger partial charge in [-0.05, 0) is 86.9 Å². The van der Waals surface area contributed by atoms with E-state index in [1.807, 2.05) is 20.8 Å². The van der Waals surface area contributed by atoms with Gasteiger partial charge in [-0.15, -0.1) is 0 Å². The van der Waals surface area contributed by atoms with Gasteiger partial charge in [-0.2, -0.15) is 0 Å². The van der Waals surface area contributed by atoms with Crippen LogP contribution in [0.5, 0.6) is 0 Å². The van der Waals surface area contributed by atoms with E-state index in [2.05, 4.69) is 10.2 Å². The van der Waals surface area contributed by atoms with Crippen LogP contribution in [0.2, 0.25) is 0 Å². The maximum Gasteiger partial charge on any atom is 0.408 e. The molecule has 0 aromatic heterocycles. The summed E-state index contributed by atoms with van der Waals surface area (Å²) in [5.74, 6) is -0.408. The standard InChI is InChI=1S/C18H34N2O4/c1-17(2,3)23-15(21)14(19-16(22)24-18(4,5)6)10-9-13-20-11-7-8-12-20/h14H,7-13H2,1-6H3,(H,19,22)/t14-/m0/s1. The molecule has 1 saturated heterocycles. The summed E-state index contributed by atoms with van der Waals surface area (Å²) >= 11 is 0. The van der Waals surface area contributed by atoms with E-state index in [0.717, 1.165) is 26.1 Å². The van der Waals surface area contributed by atoms with Gasteiger partial charge in [-0.3, -0.25) is 0 Å². The molecule has 24 heavy (non-hydrogen) atoms. The van der Waals surface area contributed by atoms with Crippen molar-refractivity contribution in [3.63, 3.8) is 0 Å². The zero-order valence-electron chi connectivity index (χ0n) is 16.1. The number of hydrogen-bond acceptors (Lipinski definition) is 5. The van der Waals surface area contributed by atoms with Gasteiger partial charge < -0.3 is 19.7 Å². The molecule has 6 heteroatoms. The van der Waals surface area contributed by atoms with Crippen LogP contribution in [-0.2, 0) is 14.3 Å². The van der Waals surface area contributed by atoms with Crippen molar-refractivity contribution in [2.24, 2.45) is 0 Å². The molecule has 0 bridgehead atoms. The topological polar surface area (TPSA) is 67.9 Å². The molecule has 0 unspecified atom stereocenters. The first-order valence-electron chi connectivity index (χ1n) is 8.91. The monoisotopic (exact) mass is 342 g/mol. The Labute approximate surface area is 146 Å².